The number of aromatic nitrogens is 2. The van der Waals surface area contributed by atoms with Gasteiger partial charge in [-0.05, 0) is 38.5 Å². The molecule has 0 fully saturated rings. The quantitative estimate of drug-likeness (QED) is 0.856. The molecule has 0 saturated heterocycles. The fourth-order valence-corrected chi connectivity index (χ4v) is 2.10. The lowest BCUT2D eigenvalue weighted by molar-refractivity contribution is 0.318. The van der Waals surface area contributed by atoms with E-state index in [9.17, 15) is 0 Å². The molecule has 0 radical (unpaired) electrons. The molecule has 2 aromatic rings. The summed E-state index contributed by atoms with van der Waals surface area (Å²) in [6.07, 6.45) is 0. The fourth-order valence-electron chi connectivity index (χ4n) is 1.86. The monoisotopic (exact) mass is 303 g/mol. The van der Waals surface area contributed by atoms with Crippen molar-refractivity contribution in [3.63, 3.8) is 0 Å². The summed E-state index contributed by atoms with van der Waals surface area (Å²) in [6.45, 7) is 6.19. The highest BCUT2D eigenvalue weighted by Crippen LogP contribution is 2.32. The normalized spacial score (nSPS) is 10.2. The van der Waals surface area contributed by atoms with E-state index in [4.69, 9.17) is 27.4 Å². The van der Waals surface area contributed by atoms with Crippen molar-refractivity contribution in [1.82, 2.24) is 10.2 Å². The highest BCUT2D eigenvalue weighted by atomic mass is 32.1. The number of nitrogens with zero attached hydrogens (tertiary/aromatic N) is 2. The Labute approximate surface area is 129 Å². The van der Waals surface area contributed by atoms with Gasteiger partial charge in [0.1, 0.15) is 4.99 Å². The molecular formula is C15H17N3O2S. The summed E-state index contributed by atoms with van der Waals surface area (Å²) in [6, 6.07) is 7.35. The summed E-state index contributed by atoms with van der Waals surface area (Å²) < 4.78 is 11.4. The van der Waals surface area contributed by atoms with Gasteiger partial charge in [-0.25, -0.2) is 0 Å². The summed E-state index contributed by atoms with van der Waals surface area (Å²) in [5, 5.41) is 8.12. The van der Waals surface area contributed by atoms with Gasteiger partial charge in [-0.2, -0.15) is 5.10 Å². The van der Waals surface area contributed by atoms with Gasteiger partial charge in [0.05, 0.1) is 17.9 Å². The molecule has 0 unspecified atom stereocenters. The number of ether oxygens (including phenoxy) is 2. The van der Waals surface area contributed by atoms with E-state index < -0.39 is 0 Å². The number of aryl methyl sites for hydroxylation is 1. The first-order valence-corrected chi connectivity index (χ1v) is 6.98. The van der Waals surface area contributed by atoms with E-state index >= 15 is 0 Å². The van der Waals surface area contributed by atoms with Crippen LogP contribution in [0, 0.1) is 13.8 Å². The van der Waals surface area contributed by atoms with Crippen LogP contribution >= 0.6 is 12.2 Å². The number of nitrogens with two attached hydrogens (primary N) is 1. The molecule has 0 spiro atoms. The fraction of sp³-hybridized carbons (Fsp3) is 0.267. The number of thiocarbonyl (C=S) groups is 1. The summed E-state index contributed by atoms with van der Waals surface area (Å²) in [5.41, 5.74) is 8.02. The first kappa shape index (κ1) is 15.2. The Hall–Kier alpha value is -2.21. The topological polar surface area (TPSA) is 70.3 Å². The first-order valence-electron chi connectivity index (χ1n) is 6.58. The molecule has 110 valence electrons. The minimum absolute atomic E-state index is 0.231. The maximum atomic E-state index is 5.82. The average molecular weight is 303 g/mol. The Morgan fingerprint density at radius 2 is 1.86 bits per heavy atom. The third-order valence-electron chi connectivity index (χ3n) is 3.02. The molecule has 0 atom stereocenters. The molecule has 0 saturated carbocycles. The second-order valence-electron chi connectivity index (χ2n) is 4.44. The second kappa shape index (κ2) is 6.49. The van der Waals surface area contributed by atoms with Crippen LogP contribution in [0.5, 0.6) is 17.4 Å². The van der Waals surface area contributed by atoms with E-state index in [1.165, 1.54) is 0 Å². The Bertz CT molecular complexity index is 674. The molecule has 0 aliphatic heterocycles. The highest BCUT2D eigenvalue weighted by Gasteiger charge is 2.17. The zero-order valence-corrected chi connectivity index (χ0v) is 13.0. The largest absolute Gasteiger partial charge is 0.490 e. The molecule has 0 bridgehead atoms. The molecule has 2 N–H and O–H groups in total. The lowest BCUT2D eigenvalue weighted by Gasteiger charge is -2.14. The van der Waals surface area contributed by atoms with Crippen LogP contribution in [0.4, 0.5) is 0 Å². The van der Waals surface area contributed by atoms with Crippen molar-refractivity contribution in [2.24, 2.45) is 5.73 Å². The summed E-state index contributed by atoms with van der Waals surface area (Å²) in [7, 11) is 0. The maximum absolute atomic E-state index is 5.82. The van der Waals surface area contributed by atoms with E-state index in [2.05, 4.69) is 10.2 Å². The Balaban J connectivity index is 2.45. The third-order valence-corrected chi connectivity index (χ3v) is 3.23. The summed E-state index contributed by atoms with van der Waals surface area (Å²) in [4.78, 5) is 0.231. The van der Waals surface area contributed by atoms with Crippen molar-refractivity contribution >= 4 is 17.2 Å². The van der Waals surface area contributed by atoms with Crippen molar-refractivity contribution < 1.29 is 9.47 Å². The molecule has 6 heteroatoms. The van der Waals surface area contributed by atoms with Crippen molar-refractivity contribution in [1.29, 1.82) is 0 Å². The third kappa shape index (κ3) is 3.28. The van der Waals surface area contributed by atoms with Gasteiger partial charge in [0.2, 0.25) is 5.88 Å². The van der Waals surface area contributed by atoms with Crippen LogP contribution < -0.4 is 15.2 Å². The molecule has 0 aliphatic carbocycles. The SMILES string of the molecule is CCOc1ccccc1Oc1nnc(C)c(C)c1C(N)=S. The van der Waals surface area contributed by atoms with E-state index in [0.717, 1.165) is 11.3 Å². The number of hydrogen-bond acceptors (Lipinski definition) is 5. The zero-order chi connectivity index (χ0) is 15.4. The number of hydrogen-bond donors (Lipinski definition) is 1. The zero-order valence-electron chi connectivity index (χ0n) is 12.2. The first-order chi connectivity index (χ1) is 10.0. The van der Waals surface area contributed by atoms with Crippen LogP contribution in [0.15, 0.2) is 24.3 Å². The predicted molar refractivity (Wildman–Crippen MR) is 85.1 cm³/mol. The Morgan fingerprint density at radius 1 is 1.19 bits per heavy atom. The predicted octanol–water partition coefficient (Wildman–Crippen LogP) is 2.92. The van der Waals surface area contributed by atoms with Crippen LogP contribution in [0.25, 0.3) is 0 Å². The van der Waals surface area contributed by atoms with Crippen molar-refractivity contribution in [2.45, 2.75) is 20.8 Å². The van der Waals surface area contributed by atoms with E-state index in [1.807, 2.05) is 39.0 Å². The van der Waals surface area contributed by atoms with Gasteiger partial charge in [-0.1, -0.05) is 24.4 Å². The van der Waals surface area contributed by atoms with E-state index in [-0.39, 0.29) is 10.9 Å². The lowest BCUT2D eigenvalue weighted by atomic mass is 10.1. The van der Waals surface area contributed by atoms with Crippen LogP contribution in [0.3, 0.4) is 0 Å². The minimum atomic E-state index is 0.231. The molecule has 0 aliphatic rings. The molecular weight excluding hydrogens is 286 g/mol. The van der Waals surface area contributed by atoms with Gasteiger partial charge in [-0.15, -0.1) is 5.10 Å². The van der Waals surface area contributed by atoms with Crippen molar-refractivity contribution in [2.75, 3.05) is 6.61 Å². The number of benzene rings is 1. The van der Waals surface area contributed by atoms with Crippen molar-refractivity contribution in [3.8, 4) is 17.4 Å². The molecule has 0 amide bonds. The summed E-state index contributed by atoms with van der Waals surface area (Å²) in [5.74, 6) is 1.47. The molecule has 1 aromatic carbocycles. The van der Waals surface area contributed by atoms with Gasteiger partial charge in [0, 0.05) is 0 Å². The molecule has 1 heterocycles. The smallest absolute Gasteiger partial charge is 0.249 e. The Kier molecular flexibility index (Phi) is 4.70. The van der Waals surface area contributed by atoms with E-state index in [1.54, 1.807) is 6.07 Å². The number of para-hydroxylation sites is 2. The van der Waals surface area contributed by atoms with Crippen LogP contribution in [0.2, 0.25) is 0 Å². The van der Waals surface area contributed by atoms with Crippen LogP contribution in [-0.4, -0.2) is 21.8 Å². The molecule has 5 nitrogen and oxygen atoms in total. The van der Waals surface area contributed by atoms with Gasteiger partial charge in [-0.3, -0.25) is 0 Å². The number of rotatable bonds is 5. The van der Waals surface area contributed by atoms with Crippen molar-refractivity contribution in [3.05, 3.63) is 41.1 Å². The van der Waals surface area contributed by atoms with E-state index in [0.29, 0.717) is 23.7 Å². The average Bonchev–Trinajstić information content (AvgIpc) is 2.45. The van der Waals surface area contributed by atoms with Gasteiger partial charge in [0.25, 0.3) is 0 Å². The standard InChI is InChI=1S/C15H17N3O2S/c1-4-19-11-7-5-6-8-12(11)20-15-13(14(16)21)9(2)10(3)17-18-15/h5-8H,4H2,1-3H3,(H2,16,21). The lowest BCUT2D eigenvalue weighted by Crippen LogP contribution is -2.15. The van der Waals surface area contributed by atoms with Gasteiger partial charge in [0.15, 0.2) is 11.5 Å². The van der Waals surface area contributed by atoms with Crippen LogP contribution in [-0.2, 0) is 0 Å². The molecule has 2 rings (SSSR count). The maximum Gasteiger partial charge on any atom is 0.249 e. The minimum Gasteiger partial charge on any atom is -0.490 e. The molecule has 1 aromatic heterocycles. The van der Waals surface area contributed by atoms with Gasteiger partial charge >= 0.3 is 0 Å². The second-order valence-corrected chi connectivity index (χ2v) is 4.88. The molecule has 21 heavy (non-hydrogen) atoms. The highest BCUT2D eigenvalue weighted by molar-refractivity contribution is 7.80. The Morgan fingerprint density at radius 3 is 2.48 bits per heavy atom. The van der Waals surface area contributed by atoms with Gasteiger partial charge < -0.3 is 15.2 Å². The summed E-state index contributed by atoms with van der Waals surface area (Å²) >= 11 is 5.10. The van der Waals surface area contributed by atoms with Crippen LogP contribution in [0.1, 0.15) is 23.7 Å².